The van der Waals surface area contributed by atoms with Crippen molar-refractivity contribution < 1.29 is 9.59 Å². The Labute approximate surface area is 198 Å². The smallest absolute Gasteiger partial charge is 0.240 e. The van der Waals surface area contributed by atoms with Gasteiger partial charge in [0.1, 0.15) is 0 Å². The van der Waals surface area contributed by atoms with Gasteiger partial charge in [0, 0.05) is 24.0 Å². The number of carbonyl (C=O) groups excluding carboxylic acids is 2. The highest BCUT2D eigenvalue weighted by molar-refractivity contribution is 6.00. The largest absolute Gasteiger partial charge is 0.273 e. The third-order valence-electron chi connectivity index (χ3n) is 5.49. The van der Waals surface area contributed by atoms with E-state index in [9.17, 15) is 9.59 Å². The summed E-state index contributed by atoms with van der Waals surface area (Å²) in [6, 6.07) is 28.0. The SMILES string of the molecule is O=C(CCCCC(=O)N/N=C/c1cccc2ccccc12)N/N=C\c1cccc2ccccc12. The number of rotatable bonds is 9. The highest BCUT2D eigenvalue weighted by Crippen LogP contribution is 2.17. The third-order valence-corrected chi connectivity index (χ3v) is 5.49. The fraction of sp³-hybridized carbons (Fsp3) is 0.143. The number of hydrogen-bond donors (Lipinski definition) is 2. The minimum absolute atomic E-state index is 0.175. The van der Waals surface area contributed by atoms with E-state index in [1.165, 1.54) is 0 Å². The van der Waals surface area contributed by atoms with Crippen LogP contribution in [0.15, 0.2) is 95.1 Å². The molecular weight excluding hydrogens is 424 g/mol. The Hall–Kier alpha value is -4.32. The van der Waals surface area contributed by atoms with Gasteiger partial charge in [0.15, 0.2) is 0 Å². The van der Waals surface area contributed by atoms with Crippen LogP contribution < -0.4 is 10.9 Å². The van der Waals surface area contributed by atoms with Gasteiger partial charge in [0.05, 0.1) is 12.4 Å². The first-order valence-corrected chi connectivity index (χ1v) is 11.3. The maximum Gasteiger partial charge on any atom is 0.240 e. The molecule has 0 atom stereocenters. The lowest BCUT2D eigenvalue weighted by molar-refractivity contribution is -0.123. The van der Waals surface area contributed by atoms with Gasteiger partial charge in [-0.15, -0.1) is 0 Å². The second-order valence-corrected chi connectivity index (χ2v) is 7.93. The summed E-state index contributed by atoms with van der Waals surface area (Å²) in [5, 5.41) is 12.6. The molecule has 0 aliphatic rings. The van der Waals surface area contributed by atoms with Crippen molar-refractivity contribution in [2.75, 3.05) is 0 Å². The van der Waals surface area contributed by atoms with Crippen molar-refractivity contribution in [2.45, 2.75) is 25.7 Å². The molecule has 170 valence electrons. The fourth-order valence-electron chi connectivity index (χ4n) is 3.76. The predicted octanol–water partition coefficient (Wildman–Crippen LogP) is 5.15. The second kappa shape index (κ2) is 11.5. The average Bonchev–Trinajstić information content (AvgIpc) is 2.87. The summed E-state index contributed by atoms with van der Waals surface area (Å²) >= 11 is 0. The van der Waals surface area contributed by atoms with Crippen LogP contribution in [0.3, 0.4) is 0 Å². The van der Waals surface area contributed by atoms with E-state index < -0.39 is 0 Å². The summed E-state index contributed by atoms with van der Waals surface area (Å²) in [7, 11) is 0. The third kappa shape index (κ3) is 6.13. The lowest BCUT2D eigenvalue weighted by atomic mass is 10.1. The molecule has 0 saturated carbocycles. The topological polar surface area (TPSA) is 82.9 Å². The number of fused-ring (bicyclic) bond motifs is 2. The van der Waals surface area contributed by atoms with Crippen molar-refractivity contribution in [1.82, 2.24) is 10.9 Å². The molecule has 0 aliphatic heterocycles. The zero-order chi connectivity index (χ0) is 23.6. The zero-order valence-corrected chi connectivity index (χ0v) is 18.8. The van der Waals surface area contributed by atoms with Crippen LogP contribution in [0, 0.1) is 0 Å². The summed E-state index contributed by atoms with van der Waals surface area (Å²) in [6.07, 6.45) is 5.11. The van der Waals surface area contributed by atoms with Gasteiger partial charge in [-0.3, -0.25) is 9.59 Å². The number of amides is 2. The van der Waals surface area contributed by atoms with E-state index in [1.54, 1.807) is 12.4 Å². The first-order chi connectivity index (χ1) is 16.7. The standard InChI is InChI=1S/C28H26N4O2/c33-27(31-29-19-23-13-7-11-21-9-1-3-15-25(21)23)17-5-6-18-28(34)32-30-20-24-14-8-12-22-10-2-4-16-26(22)24/h1-4,7-16,19-20H,5-6,17-18H2,(H,31,33)(H,32,34)/b29-19-,30-20+. The number of hydrazone groups is 2. The van der Waals surface area contributed by atoms with Gasteiger partial charge in [-0.05, 0) is 34.4 Å². The monoisotopic (exact) mass is 450 g/mol. The van der Waals surface area contributed by atoms with E-state index in [0.717, 1.165) is 32.7 Å². The number of carbonyl (C=O) groups is 2. The predicted molar refractivity (Wildman–Crippen MR) is 138 cm³/mol. The van der Waals surface area contributed by atoms with Crippen LogP contribution in [-0.2, 0) is 9.59 Å². The van der Waals surface area contributed by atoms with E-state index >= 15 is 0 Å². The van der Waals surface area contributed by atoms with Gasteiger partial charge in [0.25, 0.3) is 0 Å². The highest BCUT2D eigenvalue weighted by Gasteiger charge is 2.04. The van der Waals surface area contributed by atoms with Crippen LogP contribution in [0.25, 0.3) is 21.5 Å². The molecule has 6 heteroatoms. The maximum absolute atomic E-state index is 12.0. The molecular formula is C28H26N4O2. The molecule has 0 bridgehead atoms. The molecule has 0 radical (unpaired) electrons. The van der Waals surface area contributed by atoms with Gasteiger partial charge in [-0.25, -0.2) is 10.9 Å². The van der Waals surface area contributed by atoms with Crippen molar-refractivity contribution in [3.8, 4) is 0 Å². The van der Waals surface area contributed by atoms with Gasteiger partial charge < -0.3 is 0 Å². The molecule has 4 aromatic carbocycles. The maximum atomic E-state index is 12.0. The normalized spacial score (nSPS) is 11.4. The van der Waals surface area contributed by atoms with Gasteiger partial charge >= 0.3 is 0 Å². The zero-order valence-electron chi connectivity index (χ0n) is 18.8. The van der Waals surface area contributed by atoms with Crippen LogP contribution in [0.2, 0.25) is 0 Å². The Kier molecular flexibility index (Phi) is 7.74. The minimum Gasteiger partial charge on any atom is -0.273 e. The van der Waals surface area contributed by atoms with E-state index in [-0.39, 0.29) is 11.8 Å². The first-order valence-electron chi connectivity index (χ1n) is 11.3. The summed E-state index contributed by atoms with van der Waals surface area (Å²) < 4.78 is 0. The van der Waals surface area contributed by atoms with E-state index in [1.807, 2.05) is 84.9 Å². The summed E-state index contributed by atoms with van der Waals surface area (Å²) in [5.74, 6) is -0.350. The number of hydrogen-bond acceptors (Lipinski definition) is 4. The fourth-order valence-corrected chi connectivity index (χ4v) is 3.76. The molecule has 2 amide bonds. The summed E-state index contributed by atoms with van der Waals surface area (Å²) in [5.41, 5.74) is 7.00. The van der Waals surface area contributed by atoms with Crippen LogP contribution in [0.5, 0.6) is 0 Å². The summed E-state index contributed by atoms with van der Waals surface area (Å²) in [4.78, 5) is 24.1. The molecule has 0 fully saturated rings. The van der Waals surface area contributed by atoms with Crippen molar-refractivity contribution in [3.63, 3.8) is 0 Å². The Morgan fingerprint density at radius 1 is 0.588 bits per heavy atom. The highest BCUT2D eigenvalue weighted by atomic mass is 16.2. The second-order valence-electron chi connectivity index (χ2n) is 7.93. The Balaban J connectivity index is 1.16. The lowest BCUT2D eigenvalue weighted by Gasteiger charge is -2.03. The van der Waals surface area contributed by atoms with Crippen LogP contribution >= 0.6 is 0 Å². The molecule has 4 rings (SSSR count). The molecule has 6 nitrogen and oxygen atoms in total. The van der Waals surface area contributed by atoms with Crippen molar-refractivity contribution in [2.24, 2.45) is 10.2 Å². The molecule has 0 spiro atoms. The number of benzene rings is 4. The van der Waals surface area contributed by atoms with E-state index in [0.29, 0.717) is 25.7 Å². The van der Waals surface area contributed by atoms with Crippen molar-refractivity contribution in [1.29, 1.82) is 0 Å². The Morgan fingerprint density at radius 2 is 1.00 bits per heavy atom. The Bertz CT molecular complexity index is 1250. The number of unbranched alkanes of at least 4 members (excludes halogenated alkanes) is 1. The molecule has 0 aromatic heterocycles. The van der Waals surface area contributed by atoms with E-state index in [2.05, 4.69) is 21.1 Å². The lowest BCUT2D eigenvalue weighted by Crippen LogP contribution is -2.19. The van der Waals surface area contributed by atoms with Crippen LogP contribution in [-0.4, -0.2) is 24.2 Å². The van der Waals surface area contributed by atoms with Gasteiger partial charge in [-0.1, -0.05) is 84.9 Å². The summed E-state index contributed by atoms with van der Waals surface area (Å²) in [6.45, 7) is 0. The molecule has 34 heavy (non-hydrogen) atoms. The van der Waals surface area contributed by atoms with E-state index in [4.69, 9.17) is 0 Å². The van der Waals surface area contributed by atoms with Gasteiger partial charge in [-0.2, -0.15) is 10.2 Å². The minimum atomic E-state index is -0.175. The van der Waals surface area contributed by atoms with Crippen molar-refractivity contribution >= 4 is 45.8 Å². The van der Waals surface area contributed by atoms with Crippen molar-refractivity contribution in [3.05, 3.63) is 96.1 Å². The van der Waals surface area contributed by atoms with Gasteiger partial charge in [0.2, 0.25) is 11.8 Å². The Morgan fingerprint density at radius 3 is 1.47 bits per heavy atom. The molecule has 0 saturated heterocycles. The average molecular weight is 451 g/mol. The molecule has 0 aliphatic carbocycles. The van der Waals surface area contributed by atoms with Crippen LogP contribution in [0.4, 0.5) is 0 Å². The number of nitrogens with zero attached hydrogens (tertiary/aromatic N) is 2. The molecule has 0 unspecified atom stereocenters. The molecule has 0 heterocycles. The van der Waals surface area contributed by atoms with Crippen LogP contribution in [0.1, 0.15) is 36.8 Å². The molecule has 4 aromatic rings. The number of nitrogens with one attached hydrogen (secondary N) is 2. The first kappa shape index (κ1) is 22.9. The quantitative estimate of drug-likeness (QED) is 0.210. The molecule has 2 N–H and O–H groups in total.